The Bertz CT molecular complexity index is 889. The first kappa shape index (κ1) is 17.4. The van der Waals surface area contributed by atoms with E-state index in [1.165, 1.54) is 30.0 Å². The summed E-state index contributed by atoms with van der Waals surface area (Å²) in [7, 11) is 0. The number of anilines is 1. The summed E-state index contributed by atoms with van der Waals surface area (Å²) in [5.74, 6) is -0.806. The van der Waals surface area contributed by atoms with Crippen molar-refractivity contribution in [2.45, 2.75) is 17.3 Å². The molecule has 128 valence electrons. The lowest BCUT2D eigenvalue weighted by Crippen LogP contribution is -2.23. The summed E-state index contributed by atoms with van der Waals surface area (Å²) in [5, 5.41) is 14.2. The highest BCUT2D eigenvalue weighted by Crippen LogP contribution is 2.25. The Labute approximate surface area is 152 Å². The average molecular weight is 378 g/mol. The van der Waals surface area contributed by atoms with Gasteiger partial charge < -0.3 is 5.32 Å². The van der Waals surface area contributed by atoms with E-state index in [1.807, 2.05) is 30.3 Å². The highest BCUT2D eigenvalue weighted by Gasteiger charge is 2.19. The van der Waals surface area contributed by atoms with Crippen LogP contribution in [0.5, 0.6) is 0 Å². The lowest BCUT2D eigenvalue weighted by atomic mass is 10.3. The Hall–Kier alpha value is -2.45. The lowest BCUT2D eigenvalue weighted by Gasteiger charge is -2.12. The van der Waals surface area contributed by atoms with Crippen molar-refractivity contribution in [2.24, 2.45) is 0 Å². The fourth-order valence-electron chi connectivity index (χ4n) is 2.01. The van der Waals surface area contributed by atoms with Crippen molar-refractivity contribution in [1.29, 1.82) is 0 Å². The molecule has 0 saturated heterocycles. The summed E-state index contributed by atoms with van der Waals surface area (Å²) in [6.07, 6.45) is 0. The highest BCUT2D eigenvalue weighted by atomic mass is 35.5. The number of nitrogens with one attached hydrogen (secondary N) is 1. The van der Waals surface area contributed by atoms with Crippen molar-refractivity contribution in [3.05, 3.63) is 59.4 Å². The zero-order valence-corrected chi connectivity index (χ0v) is 14.6. The number of rotatable bonds is 5. The quantitative estimate of drug-likeness (QED) is 0.688. The third kappa shape index (κ3) is 4.15. The van der Waals surface area contributed by atoms with E-state index in [-0.39, 0.29) is 10.9 Å². The van der Waals surface area contributed by atoms with Gasteiger partial charge in [-0.25, -0.2) is 4.39 Å². The molecule has 1 N–H and O–H groups in total. The van der Waals surface area contributed by atoms with Crippen LogP contribution in [-0.4, -0.2) is 31.4 Å². The number of amides is 1. The van der Waals surface area contributed by atoms with Crippen molar-refractivity contribution in [1.82, 2.24) is 20.2 Å². The molecule has 0 bridgehead atoms. The Morgan fingerprint density at radius 2 is 2.04 bits per heavy atom. The molecule has 1 atom stereocenters. The Morgan fingerprint density at radius 1 is 1.28 bits per heavy atom. The third-order valence-corrected chi connectivity index (χ3v) is 4.60. The smallest absolute Gasteiger partial charge is 0.237 e. The van der Waals surface area contributed by atoms with Crippen molar-refractivity contribution < 1.29 is 9.18 Å². The number of aromatic nitrogens is 4. The fourth-order valence-corrected chi connectivity index (χ4v) is 3.00. The second-order valence-electron chi connectivity index (χ2n) is 5.09. The number of para-hydroxylation sites is 1. The van der Waals surface area contributed by atoms with Crippen LogP contribution in [-0.2, 0) is 4.79 Å². The van der Waals surface area contributed by atoms with Crippen molar-refractivity contribution >= 4 is 35.0 Å². The van der Waals surface area contributed by atoms with E-state index in [0.717, 1.165) is 5.69 Å². The fraction of sp³-hybridized carbons (Fsp3) is 0.125. The Balaban J connectivity index is 1.70. The van der Waals surface area contributed by atoms with Gasteiger partial charge in [-0.2, -0.15) is 4.68 Å². The van der Waals surface area contributed by atoms with E-state index in [2.05, 4.69) is 20.8 Å². The average Bonchev–Trinajstić information content (AvgIpc) is 3.07. The first-order valence-corrected chi connectivity index (χ1v) is 8.57. The predicted octanol–water partition coefficient (Wildman–Crippen LogP) is 3.57. The number of halogens is 2. The van der Waals surface area contributed by atoms with Crippen LogP contribution < -0.4 is 5.32 Å². The van der Waals surface area contributed by atoms with E-state index in [9.17, 15) is 9.18 Å². The standard InChI is InChI=1S/C16H13ClFN5OS/c1-10(15(24)19-11-7-8-14(18)13(17)9-11)25-16-20-21-22-23(16)12-5-3-2-4-6-12/h2-10H,1H3,(H,19,24)/t10-/m1/s1. The topological polar surface area (TPSA) is 72.7 Å². The van der Waals surface area contributed by atoms with Crippen molar-refractivity contribution in [3.63, 3.8) is 0 Å². The number of benzene rings is 2. The summed E-state index contributed by atoms with van der Waals surface area (Å²) in [6.45, 7) is 1.73. The van der Waals surface area contributed by atoms with Gasteiger partial charge in [-0.1, -0.05) is 41.6 Å². The molecule has 1 aromatic heterocycles. The summed E-state index contributed by atoms with van der Waals surface area (Å²) < 4.78 is 14.7. The molecule has 0 saturated carbocycles. The SMILES string of the molecule is C[C@@H](Sc1nnnn1-c1ccccc1)C(=O)Nc1ccc(F)c(Cl)c1. The number of nitrogens with zero attached hydrogens (tertiary/aromatic N) is 4. The molecule has 2 aromatic carbocycles. The second-order valence-corrected chi connectivity index (χ2v) is 6.80. The van der Waals surface area contributed by atoms with Crippen molar-refractivity contribution in [2.75, 3.05) is 5.32 Å². The zero-order chi connectivity index (χ0) is 17.8. The molecular weight excluding hydrogens is 365 g/mol. The van der Waals surface area contributed by atoms with E-state index < -0.39 is 11.1 Å². The van der Waals surface area contributed by atoms with E-state index in [1.54, 1.807) is 11.6 Å². The molecule has 9 heteroatoms. The summed E-state index contributed by atoms with van der Waals surface area (Å²) >= 11 is 6.93. The second kappa shape index (κ2) is 7.62. The predicted molar refractivity (Wildman–Crippen MR) is 94.5 cm³/mol. The summed E-state index contributed by atoms with van der Waals surface area (Å²) in [5.41, 5.74) is 1.22. The van der Waals surface area contributed by atoms with Crippen LogP contribution in [0.1, 0.15) is 6.92 Å². The van der Waals surface area contributed by atoms with Crippen LogP contribution >= 0.6 is 23.4 Å². The van der Waals surface area contributed by atoms with Gasteiger partial charge in [0.05, 0.1) is 16.0 Å². The van der Waals surface area contributed by atoms with Crippen LogP contribution in [0.3, 0.4) is 0 Å². The van der Waals surface area contributed by atoms with Gasteiger partial charge in [0.15, 0.2) is 0 Å². The number of hydrogen-bond donors (Lipinski definition) is 1. The molecule has 0 spiro atoms. The lowest BCUT2D eigenvalue weighted by molar-refractivity contribution is -0.115. The molecule has 3 rings (SSSR count). The van der Waals surface area contributed by atoms with E-state index in [4.69, 9.17) is 11.6 Å². The molecule has 25 heavy (non-hydrogen) atoms. The van der Waals surface area contributed by atoms with Crippen LogP contribution in [0, 0.1) is 5.82 Å². The number of tetrazole rings is 1. The molecule has 6 nitrogen and oxygen atoms in total. The maximum atomic E-state index is 13.2. The van der Waals surface area contributed by atoms with Gasteiger partial charge in [0.2, 0.25) is 11.1 Å². The summed E-state index contributed by atoms with van der Waals surface area (Å²) in [4.78, 5) is 12.3. The van der Waals surface area contributed by atoms with Gasteiger partial charge in [-0.05, 0) is 47.7 Å². The molecule has 0 fully saturated rings. The number of hydrogen-bond acceptors (Lipinski definition) is 5. The Kier molecular flexibility index (Phi) is 5.30. The maximum Gasteiger partial charge on any atom is 0.237 e. The normalized spacial score (nSPS) is 12.0. The summed E-state index contributed by atoms with van der Waals surface area (Å²) in [6, 6.07) is 13.4. The van der Waals surface area contributed by atoms with Gasteiger partial charge >= 0.3 is 0 Å². The molecule has 0 aliphatic carbocycles. The van der Waals surface area contributed by atoms with Crippen LogP contribution in [0.2, 0.25) is 5.02 Å². The van der Waals surface area contributed by atoms with Crippen molar-refractivity contribution in [3.8, 4) is 5.69 Å². The maximum absolute atomic E-state index is 13.2. The number of carbonyl (C=O) groups excluding carboxylic acids is 1. The number of thioether (sulfide) groups is 1. The van der Waals surface area contributed by atoms with E-state index >= 15 is 0 Å². The number of carbonyl (C=O) groups is 1. The van der Waals surface area contributed by atoms with E-state index in [0.29, 0.717) is 10.8 Å². The first-order valence-electron chi connectivity index (χ1n) is 7.31. The van der Waals surface area contributed by atoms with Gasteiger partial charge in [-0.15, -0.1) is 5.10 Å². The Morgan fingerprint density at radius 3 is 2.76 bits per heavy atom. The highest BCUT2D eigenvalue weighted by molar-refractivity contribution is 8.00. The molecule has 0 aliphatic rings. The minimum Gasteiger partial charge on any atom is -0.325 e. The largest absolute Gasteiger partial charge is 0.325 e. The molecule has 3 aromatic rings. The molecule has 0 radical (unpaired) electrons. The van der Waals surface area contributed by atoms with Gasteiger partial charge in [-0.3, -0.25) is 4.79 Å². The molecule has 0 unspecified atom stereocenters. The zero-order valence-electron chi connectivity index (χ0n) is 13.1. The molecular formula is C16H13ClFN5OS. The molecule has 0 aliphatic heterocycles. The molecule has 1 heterocycles. The van der Waals surface area contributed by atoms with Gasteiger partial charge in [0.25, 0.3) is 0 Å². The monoisotopic (exact) mass is 377 g/mol. The van der Waals surface area contributed by atoms with Crippen LogP contribution in [0.25, 0.3) is 5.69 Å². The first-order chi connectivity index (χ1) is 12.0. The van der Waals surface area contributed by atoms with Gasteiger partial charge in [0, 0.05) is 5.69 Å². The minimum atomic E-state index is -0.538. The molecule has 1 amide bonds. The van der Waals surface area contributed by atoms with Crippen LogP contribution in [0.15, 0.2) is 53.7 Å². The minimum absolute atomic E-state index is 0.0499. The van der Waals surface area contributed by atoms with Crippen LogP contribution in [0.4, 0.5) is 10.1 Å². The third-order valence-electron chi connectivity index (χ3n) is 3.28. The van der Waals surface area contributed by atoms with Gasteiger partial charge in [0.1, 0.15) is 5.82 Å².